The average Bonchev–Trinajstić information content (AvgIpc) is 2.42. The largest absolute Gasteiger partial charge is 0.496 e. The Bertz CT molecular complexity index is 527. The summed E-state index contributed by atoms with van der Waals surface area (Å²) in [6, 6.07) is 14.2. The van der Waals surface area contributed by atoms with Crippen molar-refractivity contribution >= 4 is 0 Å². The van der Waals surface area contributed by atoms with E-state index in [1.807, 2.05) is 37.4 Å². The summed E-state index contributed by atoms with van der Waals surface area (Å²) >= 11 is 0. The van der Waals surface area contributed by atoms with Crippen LogP contribution in [0.4, 0.5) is 4.39 Å². The van der Waals surface area contributed by atoms with Gasteiger partial charge in [0.2, 0.25) is 0 Å². The molecule has 1 N–H and O–H groups in total. The van der Waals surface area contributed by atoms with Crippen LogP contribution in [0.15, 0.2) is 48.5 Å². The third-order valence-electron chi connectivity index (χ3n) is 2.95. The zero-order valence-electron chi connectivity index (χ0n) is 10.5. The second kappa shape index (κ2) is 5.65. The first-order chi connectivity index (χ1) is 8.77. The van der Waals surface area contributed by atoms with Crippen LogP contribution in [0.3, 0.4) is 0 Å². The van der Waals surface area contributed by atoms with Gasteiger partial charge in [0.25, 0.3) is 0 Å². The van der Waals surface area contributed by atoms with Crippen LogP contribution in [0, 0.1) is 5.82 Å². The van der Waals surface area contributed by atoms with Gasteiger partial charge >= 0.3 is 0 Å². The van der Waals surface area contributed by atoms with E-state index in [1.54, 1.807) is 19.2 Å². The minimum absolute atomic E-state index is 0.220. The van der Waals surface area contributed by atoms with Crippen LogP contribution in [0.5, 0.6) is 5.75 Å². The zero-order chi connectivity index (χ0) is 13.0. The molecule has 0 saturated heterocycles. The third kappa shape index (κ3) is 2.36. The van der Waals surface area contributed by atoms with Crippen molar-refractivity contribution in [1.82, 2.24) is 5.32 Å². The lowest BCUT2D eigenvalue weighted by Crippen LogP contribution is -2.19. The van der Waals surface area contributed by atoms with Crippen molar-refractivity contribution in [1.29, 1.82) is 0 Å². The second-order valence-electron chi connectivity index (χ2n) is 3.99. The molecule has 0 aliphatic rings. The lowest BCUT2D eigenvalue weighted by molar-refractivity contribution is 0.404. The van der Waals surface area contributed by atoms with Crippen molar-refractivity contribution < 1.29 is 9.13 Å². The lowest BCUT2D eigenvalue weighted by atomic mass is 9.97. The van der Waals surface area contributed by atoms with E-state index < -0.39 is 0 Å². The Hall–Kier alpha value is -1.87. The summed E-state index contributed by atoms with van der Waals surface area (Å²) in [5, 5.41) is 3.13. The molecular weight excluding hydrogens is 229 g/mol. The molecular formula is C15H16FNO. The van der Waals surface area contributed by atoms with Gasteiger partial charge in [0.1, 0.15) is 11.6 Å². The number of rotatable bonds is 4. The fraction of sp³-hybridized carbons (Fsp3) is 0.200. The standard InChI is InChI=1S/C15H16FNO/c1-17-15(11-7-3-5-9-13(11)16)12-8-4-6-10-14(12)18-2/h3-10,15,17H,1-2H3. The fourth-order valence-corrected chi connectivity index (χ4v) is 2.09. The van der Waals surface area contributed by atoms with Crippen molar-refractivity contribution in [3.63, 3.8) is 0 Å². The first-order valence-corrected chi connectivity index (χ1v) is 5.82. The Morgan fingerprint density at radius 1 is 1.00 bits per heavy atom. The normalized spacial score (nSPS) is 12.2. The number of hydrogen-bond donors (Lipinski definition) is 1. The number of para-hydroxylation sites is 1. The Labute approximate surface area is 106 Å². The van der Waals surface area contributed by atoms with Crippen molar-refractivity contribution in [3.8, 4) is 5.75 Å². The molecule has 0 fully saturated rings. The molecule has 18 heavy (non-hydrogen) atoms. The van der Waals surface area contributed by atoms with E-state index in [4.69, 9.17) is 4.74 Å². The van der Waals surface area contributed by atoms with Crippen LogP contribution < -0.4 is 10.1 Å². The predicted octanol–water partition coefficient (Wildman–Crippen LogP) is 3.14. The van der Waals surface area contributed by atoms with Crippen LogP contribution in [0.1, 0.15) is 17.2 Å². The molecule has 0 aliphatic carbocycles. The third-order valence-corrected chi connectivity index (χ3v) is 2.95. The fourth-order valence-electron chi connectivity index (χ4n) is 2.09. The molecule has 0 spiro atoms. The number of halogens is 1. The molecule has 0 aliphatic heterocycles. The quantitative estimate of drug-likeness (QED) is 0.893. The predicted molar refractivity (Wildman–Crippen MR) is 70.3 cm³/mol. The Kier molecular flexibility index (Phi) is 3.95. The molecule has 0 amide bonds. The molecule has 1 unspecified atom stereocenters. The van der Waals surface area contributed by atoms with Crippen molar-refractivity contribution in [2.45, 2.75) is 6.04 Å². The van der Waals surface area contributed by atoms with Gasteiger partial charge in [-0.3, -0.25) is 0 Å². The van der Waals surface area contributed by atoms with Gasteiger partial charge in [-0.1, -0.05) is 36.4 Å². The van der Waals surface area contributed by atoms with Crippen molar-refractivity contribution in [2.24, 2.45) is 0 Å². The van der Waals surface area contributed by atoms with Crippen molar-refractivity contribution in [3.05, 3.63) is 65.5 Å². The van der Waals surface area contributed by atoms with Gasteiger partial charge < -0.3 is 10.1 Å². The van der Waals surface area contributed by atoms with Crippen LogP contribution in [-0.2, 0) is 0 Å². The second-order valence-corrected chi connectivity index (χ2v) is 3.99. The summed E-state index contributed by atoms with van der Waals surface area (Å²) in [6.07, 6.45) is 0. The molecule has 0 radical (unpaired) electrons. The summed E-state index contributed by atoms with van der Waals surface area (Å²) in [6.45, 7) is 0. The van der Waals surface area contributed by atoms with E-state index in [2.05, 4.69) is 5.32 Å². The number of hydrogen-bond acceptors (Lipinski definition) is 2. The highest BCUT2D eigenvalue weighted by atomic mass is 19.1. The molecule has 0 bridgehead atoms. The first kappa shape index (κ1) is 12.6. The maximum absolute atomic E-state index is 13.9. The number of ether oxygens (including phenoxy) is 1. The number of methoxy groups -OCH3 is 1. The van der Waals surface area contributed by atoms with Crippen LogP contribution in [0.25, 0.3) is 0 Å². The topological polar surface area (TPSA) is 21.3 Å². The molecule has 2 nitrogen and oxygen atoms in total. The van der Waals surface area contributed by atoms with Gasteiger partial charge in [0.15, 0.2) is 0 Å². The Morgan fingerprint density at radius 2 is 1.61 bits per heavy atom. The highest BCUT2D eigenvalue weighted by Crippen LogP contribution is 2.30. The molecule has 2 aromatic rings. The van der Waals surface area contributed by atoms with Crippen LogP contribution >= 0.6 is 0 Å². The molecule has 2 aromatic carbocycles. The number of nitrogens with one attached hydrogen (secondary N) is 1. The molecule has 94 valence electrons. The summed E-state index contributed by atoms with van der Waals surface area (Å²) < 4.78 is 19.2. The summed E-state index contributed by atoms with van der Waals surface area (Å²) in [5.41, 5.74) is 1.54. The molecule has 2 rings (SSSR count). The maximum Gasteiger partial charge on any atom is 0.128 e. The average molecular weight is 245 g/mol. The highest BCUT2D eigenvalue weighted by Gasteiger charge is 2.18. The summed E-state index contributed by atoms with van der Waals surface area (Å²) in [5.74, 6) is 0.530. The van der Waals surface area contributed by atoms with Gasteiger partial charge in [-0.15, -0.1) is 0 Å². The van der Waals surface area contributed by atoms with Gasteiger partial charge in [0, 0.05) is 11.1 Å². The number of benzene rings is 2. The summed E-state index contributed by atoms with van der Waals surface area (Å²) in [7, 11) is 3.43. The lowest BCUT2D eigenvalue weighted by Gasteiger charge is -2.20. The minimum atomic E-state index is -0.220. The molecule has 0 heterocycles. The van der Waals surface area contributed by atoms with Gasteiger partial charge in [-0.2, -0.15) is 0 Å². The Morgan fingerprint density at radius 3 is 2.22 bits per heavy atom. The van der Waals surface area contributed by atoms with Crippen LogP contribution in [0.2, 0.25) is 0 Å². The highest BCUT2D eigenvalue weighted by molar-refractivity contribution is 5.41. The van der Waals surface area contributed by atoms with E-state index >= 15 is 0 Å². The van der Waals surface area contributed by atoms with Crippen LogP contribution in [-0.4, -0.2) is 14.2 Å². The SMILES string of the molecule is CNC(c1ccccc1F)c1ccccc1OC. The van der Waals surface area contributed by atoms with E-state index in [9.17, 15) is 4.39 Å². The van der Waals surface area contributed by atoms with E-state index in [0.717, 1.165) is 11.3 Å². The van der Waals surface area contributed by atoms with E-state index in [1.165, 1.54) is 6.07 Å². The van der Waals surface area contributed by atoms with Gasteiger partial charge in [-0.05, 0) is 19.2 Å². The molecule has 0 aromatic heterocycles. The molecule has 0 saturated carbocycles. The smallest absolute Gasteiger partial charge is 0.128 e. The Balaban J connectivity index is 2.49. The van der Waals surface area contributed by atoms with Gasteiger partial charge in [0.05, 0.1) is 13.2 Å². The van der Waals surface area contributed by atoms with Gasteiger partial charge in [-0.25, -0.2) is 4.39 Å². The van der Waals surface area contributed by atoms with Crippen molar-refractivity contribution in [2.75, 3.05) is 14.2 Å². The first-order valence-electron chi connectivity index (χ1n) is 5.82. The monoisotopic (exact) mass is 245 g/mol. The van der Waals surface area contributed by atoms with E-state index in [-0.39, 0.29) is 11.9 Å². The molecule has 1 atom stereocenters. The molecule has 3 heteroatoms. The summed E-state index contributed by atoms with van der Waals surface area (Å²) in [4.78, 5) is 0. The van der Waals surface area contributed by atoms with E-state index in [0.29, 0.717) is 5.56 Å². The maximum atomic E-state index is 13.9. The minimum Gasteiger partial charge on any atom is -0.496 e. The zero-order valence-corrected chi connectivity index (χ0v) is 10.5.